The van der Waals surface area contributed by atoms with Gasteiger partial charge in [0.2, 0.25) is 0 Å². The Morgan fingerprint density at radius 2 is 2.09 bits per heavy atom. The highest BCUT2D eigenvalue weighted by atomic mass is 16.5. The number of fused-ring (bicyclic) bond motifs is 5. The molecule has 2 heteroatoms. The second-order valence-electron chi connectivity index (χ2n) is 7.98. The quantitative estimate of drug-likeness (QED) is 0.797. The molecule has 0 aliphatic heterocycles. The van der Waals surface area contributed by atoms with Gasteiger partial charge in [0, 0.05) is 5.41 Å². The summed E-state index contributed by atoms with van der Waals surface area (Å²) in [5.74, 6) is 5.56. The molecule has 1 aromatic carbocycles. The minimum atomic E-state index is -0.900. The minimum absolute atomic E-state index is 0.104. The number of benzene rings is 1. The van der Waals surface area contributed by atoms with Crippen molar-refractivity contribution in [3.63, 3.8) is 0 Å². The Morgan fingerprint density at radius 3 is 2.83 bits per heavy atom. The summed E-state index contributed by atoms with van der Waals surface area (Å²) in [4.78, 5) is 0. The molecule has 3 aliphatic carbocycles. The van der Waals surface area contributed by atoms with Gasteiger partial charge in [-0.3, -0.25) is 0 Å². The van der Waals surface area contributed by atoms with Crippen molar-refractivity contribution in [1.82, 2.24) is 0 Å². The third kappa shape index (κ3) is 1.93. The maximum atomic E-state index is 11.0. The summed E-state index contributed by atoms with van der Waals surface area (Å²) in [6, 6.07) is 6.59. The van der Waals surface area contributed by atoms with E-state index in [0.29, 0.717) is 17.8 Å². The molecule has 23 heavy (non-hydrogen) atoms. The Hall–Kier alpha value is -1.46. The molecule has 0 bridgehead atoms. The van der Waals surface area contributed by atoms with Crippen molar-refractivity contribution in [3.05, 3.63) is 29.3 Å². The van der Waals surface area contributed by atoms with Gasteiger partial charge < -0.3 is 9.84 Å². The molecule has 2 saturated carbocycles. The van der Waals surface area contributed by atoms with Crippen molar-refractivity contribution in [1.29, 1.82) is 0 Å². The van der Waals surface area contributed by atoms with Crippen LogP contribution in [0.25, 0.3) is 0 Å². The molecule has 0 heterocycles. The van der Waals surface area contributed by atoms with Gasteiger partial charge in [0.1, 0.15) is 11.4 Å². The van der Waals surface area contributed by atoms with Gasteiger partial charge >= 0.3 is 0 Å². The van der Waals surface area contributed by atoms with Crippen molar-refractivity contribution in [2.24, 2.45) is 17.3 Å². The summed E-state index contributed by atoms with van der Waals surface area (Å²) < 4.78 is 5.39. The fourth-order valence-corrected chi connectivity index (χ4v) is 5.94. The Morgan fingerprint density at radius 1 is 1.26 bits per heavy atom. The zero-order chi connectivity index (χ0) is 16.2. The molecule has 122 valence electrons. The molecule has 0 aromatic heterocycles. The van der Waals surface area contributed by atoms with Crippen molar-refractivity contribution in [2.45, 2.75) is 57.0 Å². The predicted molar refractivity (Wildman–Crippen MR) is 91.4 cm³/mol. The molecule has 1 N–H and O–H groups in total. The Bertz CT molecular complexity index is 673. The highest BCUT2D eigenvalue weighted by Gasteiger charge is 2.61. The van der Waals surface area contributed by atoms with E-state index in [1.807, 2.05) is 0 Å². The third-order valence-electron chi connectivity index (χ3n) is 7.32. The van der Waals surface area contributed by atoms with Crippen LogP contribution in [-0.2, 0) is 6.42 Å². The summed E-state index contributed by atoms with van der Waals surface area (Å²) in [6.07, 6.45) is 12.1. The van der Waals surface area contributed by atoms with E-state index in [-0.39, 0.29) is 5.41 Å². The average Bonchev–Trinajstić information content (AvgIpc) is 2.86. The molecule has 2 nitrogen and oxygen atoms in total. The van der Waals surface area contributed by atoms with Crippen LogP contribution in [0, 0.1) is 29.6 Å². The van der Waals surface area contributed by atoms with E-state index in [1.54, 1.807) is 7.11 Å². The number of ether oxygens (including phenoxy) is 1. The lowest BCUT2D eigenvalue weighted by molar-refractivity contribution is -0.0646. The number of hydrogen-bond donors (Lipinski definition) is 1. The molecular weight excluding hydrogens is 284 g/mol. The monoisotopic (exact) mass is 310 g/mol. The van der Waals surface area contributed by atoms with Gasteiger partial charge in [-0.05, 0) is 79.5 Å². The van der Waals surface area contributed by atoms with Gasteiger partial charge in [-0.2, -0.15) is 0 Å². The standard InChI is InChI=1S/C21H26O2/c1-4-21(22)12-10-19-18-7-5-14-13-15(23-3)6-8-16(14)17(18)9-11-20(19,21)2/h1,6,8,13,17-19,22H,5,7,9-12H2,2-3H3/t17?,18?,19?,20?,21-/m1/s1. The van der Waals surface area contributed by atoms with Crippen LogP contribution in [0.5, 0.6) is 5.75 Å². The Kier molecular flexibility index (Phi) is 3.29. The van der Waals surface area contributed by atoms with Crippen molar-refractivity contribution in [2.75, 3.05) is 7.11 Å². The highest BCUT2D eigenvalue weighted by molar-refractivity contribution is 5.41. The number of aryl methyl sites for hydroxylation is 1. The van der Waals surface area contributed by atoms with Crippen LogP contribution >= 0.6 is 0 Å². The van der Waals surface area contributed by atoms with Gasteiger partial charge in [-0.1, -0.05) is 18.9 Å². The summed E-state index contributed by atoms with van der Waals surface area (Å²) in [5.41, 5.74) is 1.97. The van der Waals surface area contributed by atoms with E-state index < -0.39 is 5.60 Å². The Labute approximate surface area is 139 Å². The molecule has 0 saturated heterocycles. The van der Waals surface area contributed by atoms with Crippen LogP contribution in [0.2, 0.25) is 0 Å². The maximum Gasteiger partial charge on any atom is 0.130 e. The van der Waals surface area contributed by atoms with Crippen LogP contribution in [0.4, 0.5) is 0 Å². The largest absolute Gasteiger partial charge is 0.497 e. The lowest BCUT2D eigenvalue weighted by Crippen LogP contribution is -2.50. The topological polar surface area (TPSA) is 29.5 Å². The first kappa shape index (κ1) is 15.1. The van der Waals surface area contributed by atoms with Crippen LogP contribution in [0.1, 0.15) is 56.1 Å². The van der Waals surface area contributed by atoms with Crippen molar-refractivity contribution in [3.8, 4) is 18.1 Å². The minimum Gasteiger partial charge on any atom is -0.497 e. The van der Waals surface area contributed by atoms with Gasteiger partial charge in [0.25, 0.3) is 0 Å². The highest BCUT2D eigenvalue weighted by Crippen LogP contribution is 2.64. The Balaban J connectivity index is 1.70. The van der Waals surface area contributed by atoms with Crippen molar-refractivity contribution >= 4 is 0 Å². The number of rotatable bonds is 1. The lowest BCUT2D eigenvalue weighted by atomic mass is 9.53. The van der Waals surface area contributed by atoms with Gasteiger partial charge in [0.05, 0.1) is 7.11 Å². The number of methoxy groups -OCH3 is 1. The van der Waals surface area contributed by atoms with E-state index in [2.05, 4.69) is 31.0 Å². The first-order valence-electron chi connectivity index (χ1n) is 8.89. The van der Waals surface area contributed by atoms with Gasteiger partial charge in [-0.25, -0.2) is 0 Å². The lowest BCUT2D eigenvalue weighted by Gasteiger charge is -2.52. The first-order chi connectivity index (χ1) is 11.0. The molecule has 0 spiro atoms. The SMILES string of the molecule is C#C[C@@]1(O)CCC2C3CCc4cc(OC)ccc4C3CCC21C. The normalized spacial score (nSPS) is 41.4. The molecule has 2 fully saturated rings. The number of hydrogen-bond acceptors (Lipinski definition) is 2. The predicted octanol–water partition coefficient (Wildman–Crippen LogP) is 3.92. The van der Waals surface area contributed by atoms with Crippen molar-refractivity contribution < 1.29 is 9.84 Å². The van der Waals surface area contributed by atoms with E-state index in [4.69, 9.17) is 11.2 Å². The van der Waals surface area contributed by atoms with Crippen LogP contribution in [-0.4, -0.2) is 17.8 Å². The molecule has 5 atom stereocenters. The fraction of sp³-hybridized carbons (Fsp3) is 0.619. The number of aliphatic hydroxyl groups is 1. The summed E-state index contributed by atoms with van der Waals surface area (Å²) >= 11 is 0. The van der Waals surface area contributed by atoms with E-state index in [0.717, 1.165) is 37.9 Å². The average molecular weight is 310 g/mol. The molecule has 4 unspecified atom stereocenters. The summed E-state index contributed by atoms with van der Waals surface area (Å²) in [6.45, 7) is 2.24. The third-order valence-corrected chi connectivity index (χ3v) is 7.32. The number of terminal acetylenes is 1. The fourth-order valence-electron chi connectivity index (χ4n) is 5.94. The van der Waals surface area contributed by atoms with E-state index in [1.165, 1.54) is 17.5 Å². The molecule has 1 aromatic rings. The van der Waals surface area contributed by atoms with Gasteiger partial charge in [-0.15, -0.1) is 6.42 Å². The molecule has 0 amide bonds. The van der Waals surface area contributed by atoms with Crippen LogP contribution < -0.4 is 4.74 Å². The summed E-state index contributed by atoms with van der Waals surface area (Å²) in [7, 11) is 1.73. The maximum absolute atomic E-state index is 11.0. The molecule has 4 rings (SSSR count). The molecule has 3 aliphatic rings. The van der Waals surface area contributed by atoms with E-state index in [9.17, 15) is 5.11 Å². The molecule has 0 radical (unpaired) electrons. The second kappa shape index (κ2) is 5.02. The second-order valence-corrected chi connectivity index (χ2v) is 7.98. The van der Waals surface area contributed by atoms with Gasteiger partial charge in [0.15, 0.2) is 0 Å². The zero-order valence-electron chi connectivity index (χ0n) is 14.1. The zero-order valence-corrected chi connectivity index (χ0v) is 14.1. The van der Waals surface area contributed by atoms with Crippen LogP contribution in [0.3, 0.4) is 0 Å². The van der Waals surface area contributed by atoms with E-state index >= 15 is 0 Å². The molecular formula is C21H26O2. The smallest absolute Gasteiger partial charge is 0.130 e. The summed E-state index contributed by atoms with van der Waals surface area (Å²) in [5, 5.41) is 11.0. The van der Waals surface area contributed by atoms with Crippen LogP contribution in [0.15, 0.2) is 18.2 Å². The first-order valence-corrected chi connectivity index (χ1v) is 8.89.